The summed E-state index contributed by atoms with van der Waals surface area (Å²) in [7, 11) is 1.67. The van der Waals surface area contributed by atoms with Gasteiger partial charge in [0.05, 0.1) is 0 Å². The average molecular weight is 226 g/mol. The molecule has 0 radical (unpaired) electrons. The number of hydrogen-bond acceptors (Lipinski definition) is 2. The van der Waals surface area contributed by atoms with Crippen molar-refractivity contribution < 1.29 is 9.47 Å². The van der Waals surface area contributed by atoms with Crippen molar-refractivity contribution in [2.45, 2.75) is 64.6 Å². The molecule has 0 aliphatic carbocycles. The molecular weight excluding hydrogens is 200 g/mol. The summed E-state index contributed by atoms with van der Waals surface area (Å²) in [6, 6.07) is 0. The number of methoxy groups -OCH3 is 1. The Morgan fingerprint density at radius 1 is 1.00 bits per heavy atom. The lowest BCUT2D eigenvalue weighted by Gasteiger charge is -2.23. The number of rotatable bonds is 10. The van der Waals surface area contributed by atoms with Gasteiger partial charge in [0.25, 0.3) is 0 Å². The van der Waals surface area contributed by atoms with E-state index in [0.717, 1.165) is 19.4 Å². The van der Waals surface area contributed by atoms with Crippen molar-refractivity contribution in [2.24, 2.45) is 0 Å². The Bertz CT molecular complexity index is 191. The normalized spacial score (nSPS) is 11.4. The van der Waals surface area contributed by atoms with E-state index in [9.17, 15) is 0 Å². The Hall–Kier alpha value is -0.520. The van der Waals surface area contributed by atoms with Gasteiger partial charge in [-0.15, -0.1) is 12.3 Å². The zero-order valence-electron chi connectivity index (χ0n) is 11.1. The first kappa shape index (κ1) is 15.5. The third-order valence-electron chi connectivity index (χ3n) is 2.66. The van der Waals surface area contributed by atoms with Crippen molar-refractivity contribution >= 4 is 0 Å². The van der Waals surface area contributed by atoms with E-state index < -0.39 is 5.79 Å². The molecule has 0 N–H and O–H groups in total. The van der Waals surface area contributed by atoms with Crippen molar-refractivity contribution in [1.29, 1.82) is 0 Å². The van der Waals surface area contributed by atoms with Gasteiger partial charge in [-0.1, -0.05) is 25.7 Å². The van der Waals surface area contributed by atoms with Gasteiger partial charge in [-0.25, -0.2) is 0 Å². The van der Waals surface area contributed by atoms with E-state index in [1.807, 2.05) is 13.8 Å². The van der Waals surface area contributed by atoms with Crippen LogP contribution < -0.4 is 0 Å². The van der Waals surface area contributed by atoms with Crippen LogP contribution in [-0.4, -0.2) is 19.5 Å². The summed E-state index contributed by atoms with van der Waals surface area (Å²) in [6.45, 7) is 4.66. The summed E-state index contributed by atoms with van der Waals surface area (Å²) >= 11 is 0. The minimum absolute atomic E-state index is 0.438. The largest absolute Gasteiger partial charge is 0.354 e. The predicted octanol–water partition coefficient (Wildman–Crippen LogP) is 3.75. The predicted molar refractivity (Wildman–Crippen MR) is 68.2 cm³/mol. The van der Waals surface area contributed by atoms with Crippen molar-refractivity contribution in [2.75, 3.05) is 13.7 Å². The molecule has 2 nitrogen and oxygen atoms in total. The molecule has 0 rings (SSSR count). The second-order valence-electron chi connectivity index (χ2n) is 4.53. The van der Waals surface area contributed by atoms with E-state index in [4.69, 9.17) is 15.9 Å². The van der Waals surface area contributed by atoms with Crippen LogP contribution in [0.1, 0.15) is 58.8 Å². The van der Waals surface area contributed by atoms with Gasteiger partial charge >= 0.3 is 0 Å². The first-order valence-corrected chi connectivity index (χ1v) is 6.25. The Morgan fingerprint density at radius 3 is 2.12 bits per heavy atom. The number of hydrogen-bond donors (Lipinski definition) is 0. The first-order valence-electron chi connectivity index (χ1n) is 6.25. The number of terminal acetylenes is 1. The maximum atomic E-state index is 5.57. The summed E-state index contributed by atoms with van der Waals surface area (Å²) in [4.78, 5) is 0. The zero-order chi connectivity index (χ0) is 12.3. The zero-order valence-corrected chi connectivity index (χ0v) is 11.1. The smallest absolute Gasteiger partial charge is 0.162 e. The molecule has 0 aromatic rings. The maximum absolute atomic E-state index is 5.57. The van der Waals surface area contributed by atoms with Crippen molar-refractivity contribution in [3.8, 4) is 12.3 Å². The Labute approximate surface area is 101 Å². The van der Waals surface area contributed by atoms with Crippen molar-refractivity contribution in [1.82, 2.24) is 0 Å². The number of unbranched alkanes of at least 4 members (excludes halogenated alkanes) is 6. The second-order valence-corrected chi connectivity index (χ2v) is 4.53. The van der Waals surface area contributed by atoms with Gasteiger partial charge in [0.15, 0.2) is 5.79 Å². The van der Waals surface area contributed by atoms with E-state index in [1.165, 1.54) is 32.1 Å². The molecule has 0 unspecified atom stereocenters. The molecule has 0 heterocycles. The molecule has 0 bridgehead atoms. The van der Waals surface area contributed by atoms with Gasteiger partial charge in [-0.05, 0) is 26.7 Å². The maximum Gasteiger partial charge on any atom is 0.162 e. The fraction of sp³-hybridized carbons (Fsp3) is 0.857. The van der Waals surface area contributed by atoms with Gasteiger partial charge in [0.1, 0.15) is 0 Å². The summed E-state index contributed by atoms with van der Waals surface area (Å²) in [5.41, 5.74) is 0. The summed E-state index contributed by atoms with van der Waals surface area (Å²) in [5.74, 6) is 2.23. The summed E-state index contributed by atoms with van der Waals surface area (Å²) in [6.07, 6.45) is 13.4. The summed E-state index contributed by atoms with van der Waals surface area (Å²) < 4.78 is 10.7. The molecule has 16 heavy (non-hydrogen) atoms. The van der Waals surface area contributed by atoms with Gasteiger partial charge in [0.2, 0.25) is 0 Å². The molecule has 94 valence electrons. The average Bonchev–Trinajstić information content (AvgIpc) is 2.27. The lowest BCUT2D eigenvalue weighted by atomic mass is 10.1. The van der Waals surface area contributed by atoms with Crippen LogP contribution in [0.5, 0.6) is 0 Å². The van der Waals surface area contributed by atoms with Gasteiger partial charge in [0, 0.05) is 20.1 Å². The highest BCUT2D eigenvalue weighted by Crippen LogP contribution is 2.12. The van der Waals surface area contributed by atoms with Crippen LogP contribution in [0, 0.1) is 12.3 Å². The molecule has 0 amide bonds. The molecule has 0 fully saturated rings. The number of ether oxygens (including phenoxy) is 2. The SMILES string of the molecule is C#CCCCCCCCCOC(C)(C)OC. The Kier molecular flexibility index (Phi) is 9.37. The summed E-state index contributed by atoms with van der Waals surface area (Å²) in [5, 5.41) is 0. The van der Waals surface area contributed by atoms with Crippen LogP contribution in [0.15, 0.2) is 0 Å². The topological polar surface area (TPSA) is 18.5 Å². The molecular formula is C14H26O2. The van der Waals surface area contributed by atoms with Crippen LogP contribution in [-0.2, 0) is 9.47 Å². The van der Waals surface area contributed by atoms with Crippen molar-refractivity contribution in [3.63, 3.8) is 0 Å². The van der Waals surface area contributed by atoms with Crippen molar-refractivity contribution in [3.05, 3.63) is 0 Å². The molecule has 2 heteroatoms. The highest BCUT2D eigenvalue weighted by atomic mass is 16.7. The third kappa shape index (κ3) is 10.0. The van der Waals surface area contributed by atoms with Gasteiger partial charge in [-0.3, -0.25) is 0 Å². The van der Waals surface area contributed by atoms with Crippen LogP contribution in [0.25, 0.3) is 0 Å². The van der Waals surface area contributed by atoms with Crippen LogP contribution >= 0.6 is 0 Å². The molecule has 0 saturated heterocycles. The molecule has 0 atom stereocenters. The fourth-order valence-electron chi connectivity index (χ4n) is 1.41. The van der Waals surface area contributed by atoms with E-state index in [1.54, 1.807) is 7.11 Å². The van der Waals surface area contributed by atoms with Gasteiger partial charge < -0.3 is 9.47 Å². The molecule has 0 saturated carbocycles. The van der Waals surface area contributed by atoms with Crippen LogP contribution in [0.2, 0.25) is 0 Å². The quantitative estimate of drug-likeness (QED) is 0.321. The lowest BCUT2D eigenvalue weighted by molar-refractivity contribution is -0.197. The molecule has 0 aliphatic rings. The Morgan fingerprint density at radius 2 is 1.56 bits per heavy atom. The fourth-order valence-corrected chi connectivity index (χ4v) is 1.41. The second kappa shape index (κ2) is 9.69. The molecule has 0 aromatic heterocycles. The Balaban J connectivity index is 3.13. The lowest BCUT2D eigenvalue weighted by Crippen LogP contribution is -2.26. The van der Waals surface area contributed by atoms with E-state index in [-0.39, 0.29) is 0 Å². The van der Waals surface area contributed by atoms with Gasteiger partial charge in [-0.2, -0.15) is 0 Å². The minimum Gasteiger partial charge on any atom is -0.354 e. The monoisotopic (exact) mass is 226 g/mol. The highest BCUT2D eigenvalue weighted by Gasteiger charge is 2.15. The highest BCUT2D eigenvalue weighted by molar-refractivity contribution is 4.82. The van der Waals surface area contributed by atoms with E-state index in [2.05, 4.69) is 5.92 Å². The molecule has 0 spiro atoms. The first-order chi connectivity index (χ1) is 7.62. The van der Waals surface area contributed by atoms with Crippen LogP contribution in [0.3, 0.4) is 0 Å². The minimum atomic E-state index is -0.438. The van der Waals surface area contributed by atoms with E-state index >= 15 is 0 Å². The molecule has 0 aromatic carbocycles. The molecule has 0 aliphatic heterocycles. The van der Waals surface area contributed by atoms with E-state index in [0.29, 0.717) is 0 Å². The third-order valence-corrected chi connectivity index (χ3v) is 2.66. The standard InChI is InChI=1S/C14H26O2/c1-5-6-7-8-9-10-11-12-13-16-14(2,3)15-4/h1H,6-13H2,2-4H3. The van der Waals surface area contributed by atoms with Crippen LogP contribution in [0.4, 0.5) is 0 Å².